The Morgan fingerprint density at radius 1 is 1.08 bits per heavy atom. The Bertz CT molecular complexity index is 729. The van der Waals surface area contributed by atoms with Crippen molar-refractivity contribution in [2.75, 3.05) is 39.3 Å². The van der Waals surface area contributed by atoms with Crippen molar-refractivity contribution in [3.63, 3.8) is 0 Å². The molecule has 9 heteroatoms. The zero-order chi connectivity index (χ0) is 18.9. The van der Waals surface area contributed by atoms with Crippen molar-refractivity contribution in [1.82, 2.24) is 13.5 Å². The molecule has 0 saturated carbocycles. The number of rotatable bonds is 4. The Morgan fingerprint density at radius 3 is 2.23 bits per heavy atom. The van der Waals surface area contributed by atoms with Crippen LogP contribution < -0.4 is 0 Å². The molecule has 2 aliphatic heterocycles. The molecule has 2 atom stereocenters. The quantitative estimate of drug-likeness (QED) is 0.771. The maximum Gasteiger partial charge on any atom is 0.289 e. The summed E-state index contributed by atoms with van der Waals surface area (Å²) in [7, 11) is -3.54. The summed E-state index contributed by atoms with van der Waals surface area (Å²) in [4.78, 5) is 14.2. The molecule has 3 heterocycles. The van der Waals surface area contributed by atoms with Gasteiger partial charge < -0.3 is 14.1 Å². The number of morpholine rings is 1. The molecule has 26 heavy (non-hydrogen) atoms. The van der Waals surface area contributed by atoms with Crippen LogP contribution in [0.25, 0.3) is 0 Å². The van der Waals surface area contributed by atoms with E-state index < -0.39 is 10.2 Å². The van der Waals surface area contributed by atoms with Gasteiger partial charge in [-0.1, -0.05) is 6.92 Å². The highest BCUT2D eigenvalue weighted by Crippen LogP contribution is 2.20. The number of ether oxygens (including phenoxy) is 1. The predicted octanol–water partition coefficient (Wildman–Crippen LogP) is 0.954. The van der Waals surface area contributed by atoms with Crippen molar-refractivity contribution in [2.24, 2.45) is 0 Å². The molecule has 0 aliphatic carbocycles. The minimum absolute atomic E-state index is 0.122. The van der Waals surface area contributed by atoms with E-state index in [4.69, 9.17) is 9.15 Å². The van der Waals surface area contributed by atoms with Gasteiger partial charge in [0.1, 0.15) is 5.76 Å². The highest BCUT2D eigenvalue weighted by Gasteiger charge is 2.37. The van der Waals surface area contributed by atoms with Gasteiger partial charge >= 0.3 is 0 Å². The Balaban J connectivity index is 1.61. The summed E-state index contributed by atoms with van der Waals surface area (Å²) < 4.78 is 39.9. The second-order valence-electron chi connectivity index (χ2n) is 6.89. The van der Waals surface area contributed by atoms with Crippen LogP contribution in [0, 0.1) is 0 Å². The van der Waals surface area contributed by atoms with E-state index in [2.05, 4.69) is 0 Å². The summed E-state index contributed by atoms with van der Waals surface area (Å²) in [6.07, 6.45) is 0.488. The molecule has 0 aromatic carbocycles. The second kappa shape index (κ2) is 7.67. The van der Waals surface area contributed by atoms with Crippen LogP contribution in [0.4, 0.5) is 0 Å². The van der Waals surface area contributed by atoms with E-state index in [-0.39, 0.29) is 31.2 Å². The number of carbonyl (C=O) groups excluding carboxylic acids is 1. The molecule has 1 aromatic heterocycles. The Hall–Kier alpha value is -1.42. The van der Waals surface area contributed by atoms with Crippen LogP contribution in [-0.4, -0.2) is 79.3 Å². The molecule has 1 aromatic rings. The minimum Gasteiger partial charge on any atom is -0.456 e. The molecule has 2 fully saturated rings. The molecule has 0 N–H and O–H groups in total. The number of amides is 1. The molecule has 0 spiro atoms. The highest BCUT2D eigenvalue weighted by atomic mass is 32.2. The van der Waals surface area contributed by atoms with Crippen LogP contribution in [-0.2, 0) is 21.4 Å². The number of carbonyl (C=O) groups is 1. The monoisotopic (exact) mass is 385 g/mol. The van der Waals surface area contributed by atoms with Gasteiger partial charge in [-0.25, -0.2) is 0 Å². The number of furan rings is 1. The van der Waals surface area contributed by atoms with Crippen LogP contribution in [0.2, 0.25) is 0 Å². The van der Waals surface area contributed by atoms with Crippen LogP contribution in [0.3, 0.4) is 0 Å². The van der Waals surface area contributed by atoms with Crippen molar-refractivity contribution in [3.05, 3.63) is 23.7 Å². The lowest BCUT2D eigenvalue weighted by Crippen LogP contribution is -2.57. The first-order valence-electron chi connectivity index (χ1n) is 9.10. The van der Waals surface area contributed by atoms with Crippen LogP contribution in [0.5, 0.6) is 0 Å². The molecule has 2 aliphatic rings. The van der Waals surface area contributed by atoms with Gasteiger partial charge in [0, 0.05) is 45.7 Å². The van der Waals surface area contributed by atoms with Crippen molar-refractivity contribution in [2.45, 2.75) is 39.4 Å². The number of piperazine rings is 1. The van der Waals surface area contributed by atoms with Gasteiger partial charge in [0.25, 0.3) is 16.1 Å². The summed E-state index contributed by atoms with van der Waals surface area (Å²) in [5.41, 5.74) is 0. The molecule has 3 rings (SSSR count). The average Bonchev–Trinajstić information content (AvgIpc) is 3.09. The smallest absolute Gasteiger partial charge is 0.289 e. The lowest BCUT2D eigenvalue weighted by atomic mass is 10.3. The maximum atomic E-state index is 12.9. The van der Waals surface area contributed by atoms with E-state index in [9.17, 15) is 13.2 Å². The molecule has 146 valence electrons. The number of aryl methyl sites for hydroxylation is 1. The molecule has 8 nitrogen and oxygen atoms in total. The number of hydrogen-bond donors (Lipinski definition) is 0. The van der Waals surface area contributed by atoms with E-state index >= 15 is 0 Å². The van der Waals surface area contributed by atoms with Crippen LogP contribution >= 0.6 is 0 Å². The topological polar surface area (TPSA) is 83.3 Å². The van der Waals surface area contributed by atoms with Gasteiger partial charge in [-0.2, -0.15) is 17.0 Å². The Kier molecular flexibility index (Phi) is 5.71. The number of hydrogen-bond acceptors (Lipinski definition) is 5. The van der Waals surface area contributed by atoms with E-state index in [0.29, 0.717) is 31.9 Å². The predicted molar refractivity (Wildman–Crippen MR) is 96.1 cm³/mol. The van der Waals surface area contributed by atoms with E-state index in [0.717, 1.165) is 12.2 Å². The molecule has 0 radical (unpaired) electrons. The first-order valence-corrected chi connectivity index (χ1v) is 10.5. The summed E-state index contributed by atoms with van der Waals surface area (Å²) in [6.45, 7) is 7.72. The van der Waals surface area contributed by atoms with Gasteiger partial charge in [0.15, 0.2) is 5.76 Å². The summed E-state index contributed by atoms with van der Waals surface area (Å²) in [5.74, 6) is 0.898. The fraction of sp³-hybridized carbons (Fsp3) is 0.706. The van der Waals surface area contributed by atoms with Gasteiger partial charge in [-0.15, -0.1) is 0 Å². The third kappa shape index (κ3) is 3.95. The van der Waals surface area contributed by atoms with Gasteiger partial charge in [0.05, 0.1) is 12.2 Å². The molecule has 2 saturated heterocycles. The first-order chi connectivity index (χ1) is 12.3. The fourth-order valence-electron chi connectivity index (χ4n) is 3.44. The van der Waals surface area contributed by atoms with Crippen molar-refractivity contribution in [3.8, 4) is 0 Å². The molecule has 2 unspecified atom stereocenters. The average molecular weight is 385 g/mol. The van der Waals surface area contributed by atoms with Gasteiger partial charge in [-0.05, 0) is 26.0 Å². The van der Waals surface area contributed by atoms with E-state index in [1.165, 1.54) is 8.61 Å². The Morgan fingerprint density at radius 2 is 1.69 bits per heavy atom. The van der Waals surface area contributed by atoms with E-state index in [1.807, 2.05) is 20.8 Å². The lowest BCUT2D eigenvalue weighted by molar-refractivity contribution is -0.0457. The third-order valence-corrected chi connectivity index (χ3v) is 6.75. The molecule has 1 amide bonds. The number of nitrogens with zero attached hydrogens (tertiary/aromatic N) is 3. The normalized spacial score (nSPS) is 26.2. The third-order valence-electron chi connectivity index (χ3n) is 4.79. The van der Waals surface area contributed by atoms with Crippen LogP contribution in [0.1, 0.15) is 37.1 Å². The Labute approximate surface area is 154 Å². The lowest BCUT2D eigenvalue weighted by Gasteiger charge is -2.40. The molecule has 0 bridgehead atoms. The first kappa shape index (κ1) is 19.3. The van der Waals surface area contributed by atoms with E-state index in [1.54, 1.807) is 17.0 Å². The SMILES string of the molecule is CCc1ccc(C(=O)N2CCN(S(=O)(=O)N3CC(C)OC(C)C3)CC2)o1. The fourth-order valence-corrected chi connectivity index (χ4v) is 5.19. The zero-order valence-electron chi connectivity index (χ0n) is 15.6. The minimum atomic E-state index is -3.54. The standard InChI is InChI=1S/C17H27N3O5S/c1-4-15-5-6-16(25-15)17(21)18-7-9-19(10-8-18)26(22,23)20-11-13(2)24-14(3)12-20/h5-6,13-14H,4,7-12H2,1-3H3. The van der Waals surface area contributed by atoms with Crippen molar-refractivity contribution in [1.29, 1.82) is 0 Å². The molecular formula is C17H27N3O5S. The largest absolute Gasteiger partial charge is 0.456 e. The molecular weight excluding hydrogens is 358 g/mol. The van der Waals surface area contributed by atoms with Gasteiger partial charge in [-0.3, -0.25) is 4.79 Å². The second-order valence-corrected chi connectivity index (χ2v) is 8.82. The summed E-state index contributed by atoms with van der Waals surface area (Å²) >= 11 is 0. The zero-order valence-corrected chi connectivity index (χ0v) is 16.4. The van der Waals surface area contributed by atoms with Crippen molar-refractivity contribution >= 4 is 16.1 Å². The van der Waals surface area contributed by atoms with Gasteiger partial charge in [0.2, 0.25) is 0 Å². The van der Waals surface area contributed by atoms with Crippen molar-refractivity contribution < 1.29 is 22.4 Å². The summed E-state index contributed by atoms with van der Waals surface area (Å²) in [5, 5.41) is 0. The van der Waals surface area contributed by atoms with Crippen LogP contribution in [0.15, 0.2) is 16.5 Å². The maximum absolute atomic E-state index is 12.9. The summed E-state index contributed by atoms with van der Waals surface area (Å²) in [6, 6.07) is 3.48. The highest BCUT2D eigenvalue weighted by molar-refractivity contribution is 7.86.